The van der Waals surface area contributed by atoms with E-state index in [0.29, 0.717) is 45.1 Å². The zero-order valence-corrected chi connectivity index (χ0v) is 20.1. The maximum absolute atomic E-state index is 13.6. The van der Waals surface area contributed by atoms with E-state index in [-0.39, 0.29) is 24.2 Å². The number of rotatable bonds is 6. The molecule has 1 aliphatic rings. The van der Waals surface area contributed by atoms with E-state index >= 15 is 0 Å². The van der Waals surface area contributed by atoms with Gasteiger partial charge in [0, 0.05) is 12.1 Å². The number of anilines is 1. The summed E-state index contributed by atoms with van der Waals surface area (Å²) in [6.45, 7) is 0.590. The van der Waals surface area contributed by atoms with E-state index in [4.69, 9.17) is 0 Å². The fourth-order valence-corrected chi connectivity index (χ4v) is 5.55. The van der Waals surface area contributed by atoms with Crippen LogP contribution in [0.3, 0.4) is 0 Å². The number of halogens is 1. The molecule has 1 aliphatic heterocycles. The molecule has 0 radical (unpaired) electrons. The number of amides is 2. The van der Waals surface area contributed by atoms with Crippen molar-refractivity contribution in [1.29, 1.82) is 0 Å². The lowest BCUT2D eigenvalue weighted by atomic mass is 10.1. The number of carbonyl (C=O) groups excluding carboxylic acids is 2. The van der Waals surface area contributed by atoms with Crippen LogP contribution in [-0.2, 0) is 23.8 Å². The van der Waals surface area contributed by atoms with Crippen molar-refractivity contribution in [3.05, 3.63) is 125 Å². The lowest BCUT2D eigenvalue weighted by Crippen LogP contribution is -2.31. The molecule has 5 nitrogen and oxygen atoms in total. The Kier molecular flexibility index (Phi) is 6.73. The first-order valence-electron chi connectivity index (χ1n) is 11.5. The highest BCUT2D eigenvalue weighted by atomic mass is 32.2. The molecule has 0 bridgehead atoms. The molecule has 0 fully saturated rings. The molecule has 0 unspecified atom stereocenters. The van der Waals surface area contributed by atoms with Crippen molar-refractivity contribution >= 4 is 28.3 Å². The van der Waals surface area contributed by atoms with Gasteiger partial charge in [-0.3, -0.25) is 9.59 Å². The second-order valence-corrected chi connectivity index (χ2v) is 9.87. The van der Waals surface area contributed by atoms with Crippen LogP contribution in [0.15, 0.2) is 107 Å². The Labute approximate surface area is 211 Å². The summed E-state index contributed by atoms with van der Waals surface area (Å²) in [6, 6.07) is 27.4. The van der Waals surface area contributed by atoms with Crippen molar-refractivity contribution in [1.82, 2.24) is 5.32 Å². The maximum Gasteiger partial charge on any atom is 0.259 e. The lowest BCUT2D eigenvalue weighted by Gasteiger charge is -2.23. The average molecular weight is 499 g/mol. The first-order chi connectivity index (χ1) is 17.5. The van der Waals surface area contributed by atoms with Gasteiger partial charge in [0.2, 0.25) is 0 Å². The van der Waals surface area contributed by atoms with Crippen molar-refractivity contribution < 1.29 is 18.2 Å². The zero-order valence-electron chi connectivity index (χ0n) is 19.3. The largest absolute Gasteiger partial charge is 0.352 e. The minimum atomic E-state index is -1.62. The van der Waals surface area contributed by atoms with Gasteiger partial charge in [-0.2, -0.15) is 0 Å². The summed E-state index contributed by atoms with van der Waals surface area (Å²) < 4.78 is 27.0. The van der Waals surface area contributed by atoms with Gasteiger partial charge in [-0.1, -0.05) is 54.6 Å². The minimum absolute atomic E-state index is 0.136. The van der Waals surface area contributed by atoms with Gasteiger partial charge in [0.05, 0.1) is 38.4 Å². The van der Waals surface area contributed by atoms with Crippen LogP contribution in [0, 0.1) is 5.82 Å². The Morgan fingerprint density at radius 2 is 1.56 bits per heavy atom. The highest BCUT2D eigenvalue weighted by Crippen LogP contribution is 2.36. The first-order valence-corrected chi connectivity index (χ1v) is 12.7. The molecule has 7 heteroatoms. The summed E-state index contributed by atoms with van der Waals surface area (Å²) in [5.41, 5.74) is 2.92. The Balaban J connectivity index is 1.48. The van der Waals surface area contributed by atoms with Crippen LogP contribution in [0.5, 0.6) is 0 Å². The van der Waals surface area contributed by atoms with Crippen molar-refractivity contribution in [2.45, 2.75) is 22.8 Å². The normalized spacial score (nSPS) is 14.5. The molecule has 0 saturated heterocycles. The standard InChI is InChI=1S/C29H23FN2O3S/c30-23-13-10-21(11-14-23)19-32-25-18-22(28(33)31-17-16-20-6-2-1-3-7-20)12-15-27(25)36(35)26-9-5-4-8-24(26)29(32)34/h1-15,18H,16-17,19H2,(H,31,33)/t36-/m0/s1. The molecular weight excluding hydrogens is 475 g/mol. The summed E-state index contributed by atoms with van der Waals surface area (Å²) in [5.74, 6) is -0.985. The van der Waals surface area contributed by atoms with Crippen LogP contribution >= 0.6 is 0 Å². The first kappa shape index (κ1) is 23.6. The molecule has 0 saturated carbocycles. The highest BCUT2D eigenvalue weighted by Gasteiger charge is 2.31. The fourth-order valence-electron chi connectivity index (χ4n) is 4.20. The van der Waals surface area contributed by atoms with E-state index in [1.54, 1.807) is 54.6 Å². The molecule has 5 rings (SSSR count). The molecule has 2 amide bonds. The third-order valence-corrected chi connectivity index (χ3v) is 7.57. The van der Waals surface area contributed by atoms with E-state index in [1.165, 1.54) is 17.0 Å². The van der Waals surface area contributed by atoms with Gasteiger partial charge in [0.25, 0.3) is 11.8 Å². The molecule has 1 N–H and O–H groups in total. The van der Waals surface area contributed by atoms with E-state index in [1.807, 2.05) is 30.3 Å². The van der Waals surface area contributed by atoms with E-state index in [2.05, 4.69) is 5.32 Å². The smallest absolute Gasteiger partial charge is 0.259 e. The average Bonchev–Trinajstić information content (AvgIpc) is 2.99. The number of nitrogens with one attached hydrogen (secondary N) is 1. The van der Waals surface area contributed by atoms with Gasteiger partial charge < -0.3 is 10.2 Å². The third kappa shape index (κ3) is 4.83. The van der Waals surface area contributed by atoms with Crippen LogP contribution < -0.4 is 10.2 Å². The molecular formula is C29H23FN2O3S. The Morgan fingerprint density at radius 3 is 2.33 bits per heavy atom. The molecule has 180 valence electrons. The van der Waals surface area contributed by atoms with E-state index in [9.17, 15) is 18.2 Å². The van der Waals surface area contributed by atoms with Crippen molar-refractivity contribution in [3.8, 4) is 0 Å². The Bertz CT molecular complexity index is 1460. The van der Waals surface area contributed by atoms with Crippen LogP contribution in [0.1, 0.15) is 31.8 Å². The van der Waals surface area contributed by atoms with Gasteiger partial charge in [-0.05, 0) is 60.0 Å². The van der Waals surface area contributed by atoms with Crippen molar-refractivity contribution in [3.63, 3.8) is 0 Å². The molecule has 4 aromatic rings. The zero-order chi connectivity index (χ0) is 25.1. The molecule has 36 heavy (non-hydrogen) atoms. The topological polar surface area (TPSA) is 66.5 Å². The summed E-state index contributed by atoms with van der Waals surface area (Å²) in [5, 5.41) is 2.92. The number of fused-ring (bicyclic) bond motifs is 2. The number of benzene rings is 4. The van der Waals surface area contributed by atoms with Gasteiger partial charge in [-0.15, -0.1) is 0 Å². The predicted molar refractivity (Wildman–Crippen MR) is 137 cm³/mol. The lowest BCUT2D eigenvalue weighted by molar-refractivity contribution is 0.0950. The summed E-state index contributed by atoms with van der Waals surface area (Å²) in [4.78, 5) is 29.0. The minimum Gasteiger partial charge on any atom is -0.352 e. The Hall–Kier alpha value is -4.10. The SMILES string of the molecule is O=C(NCCc1ccccc1)c1ccc2c(c1)N(Cc1ccc(F)cc1)C(=O)c1ccccc1[S@@]2=O. The number of hydrogen-bond donors (Lipinski definition) is 1. The van der Waals surface area contributed by atoms with E-state index in [0.717, 1.165) is 5.56 Å². The van der Waals surface area contributed by atoms with Crippen LogP contribution in [0.25, 0.3) is 0 Å². The van der Waals surface area contributed by atoms with Crippen LogP contribution in [0.2, 0.25) is 0 Å². The van der Waals surface area contributed by atoms with E-state index < -0.39 is 10.8 Å². The van der Waals surface area contributed by atoms with Crippen molar-refractivity contribution in [2.75, 3.05) is 11.4 Å². The molecule has 4 aromatic carbocycles. The maximum atomic E-state index is 13.6. The van der Waals surface area contributed by atoms with Gasteiger partial charge in [-0.25, -0.2) is 8.60 Å². The highest BCUT2D eigenvalue weighted by molar-refractivity contribution is 7.85. The molecule has 0 aliphatic carbocycles. The number of hydrogen-bond acceptors (Lipinski definition) is 3. The predicted octanol–water partition coefficient (Wildman–Crippen LogP) is 5.13. The molecule has 1 heterocycles. The van der Waals surface area contributed by atoms with Gasteiger partial charge in [0.15, 0.2) is 0 Å². The molecule has 1 atom stereocenters. The molecule has 0 spiro atoms. The quantitative estimate of drug-likeness (QED) is 0.401. The third-order valence-electron chi connectivity index (χ3n) is 6.07. The fraction of sp³-hybridized carbons (Fsp3) is 0.103. The summed E-state index contributed by atoms with van der Waals surface area (Å²) >= 11 is 0. The number of nitrogens with zero attached hydrogens (tertiary/aromatic N) is 1. The van der Waals surface area contributed by atoms with Gasteiger partial charge >= 0.3 is 0 Å². The van der Waals surface area contributed by atoms with Crippen molar-refractivity contribution in [2.24, 2.45) is 0 Å². The monoisotopic (exact) mass is 498 g/mol. The summed E-state index contributed by atoms with van der Waals surface area (Å²) in [7, 11) is -1.62. The van der Waals surface area contributed by atoms with Crippen LogP contribution in [0.4, 0.5) is 10.1 Å². The summed E-state index contributed by atoms with van der Waals surface area (Å²) in [6.07, 6.45) is 0.687. The second-order valence-electron chi connectivity index (χ2n) is 8.46. The Morgan fingerprint density at radius 1 is 0.833 bits per heavy atom. The number of carbonyl (C=O) groups is 2. The second kappa shape index (κ2) is 10.3. The van der Waals surface area contributed by atoms with Gasteiger partial charge in [0.1, 0.15) is 5.82 Å². The molecule has 0 aromatic heterocycles. The van der Waals surface area contributed by atoms with Crippen LogP contribution in [-0.4, -0.2) is 22.6 Å².